The largest absolute Gasteiger partial charge is 0.360 e. The first kappa shape index (κ1) is 4.21. The number of nitrogens with two attached hydrogens (primary N) is 1. The van der Waals surface area contributed by atoms with Crippen molar-refractivity contribution in [1.29, 1.82) is 0 Å². The SMILES string of the molecule is [2H]C1([2H])OC([2H])(S(N)(=O)=O)C([2H])([2H])C1([2H])C(=C)C. The molecule has 0 aromatic carbocycles. The van der Waals surface area contributed by atoms with Gasteiger partial charge in [0.1, 0.15) is 0 Å². The maximum Gasteiger partial charge on any atom is 0.236 e. The van der Waals surface area contributed by atoms with Gasteiger partial charge in [-0.2, -0.15) is 0 Å². The highest BCUT2D eigenvalue weighted by Crippen LogP contribution is 2.26. The van der Waals surface area contributed by atoms with Crippen molar-refractivity contribution in [3.8, 4) is 0 Å². The zero-order valence-electron chi connectivity index (χ0n) is 12.4. The summed E-state index contributed by atoms with van der Waals surface area (Å²) in [5.74, 6) is -2.77. The molecular formula is C7H13NO3S. The van der Waals surface area contributed by atoms with Crippen LogP contribution in [0.15, 0.2) is 12.2 Å². The first-order valence-corrected chi connectivity index (χ1v) is 4.58. The maximum atomic E-state index is 11.3. The molecule has 2 atom stereocenters. The molecule has 2 unspecified atom stereocenters. The molecule has 5 heteroatoms. The Morgan fingerprint density at radius 3 is 2.75 bits per heavy atom. The molecule has 1 heterocycles. The second-order valence-electron chi connectivity index (χ2n) is 2.32. The average Bonchev–Trinajstić information content (AvgIpc) is 2.22. The van der Waals surface area contributed by atoms with E-state index in [9.17, 15) is 8.42 Å². The first-order valence-electron chi connectivity index (χ1n) is 6.03. The Balaban J connectivity index is 3.68. The van der Waals surface area contributed by atoms with Crippen molar-refractivity contribution in [2.24, 2.45) is 11.0 Å². The molecule has 1 aliphatic heterocycles. The topological polar surface area (TPSA) is 69.4 Å². The van der Waals surface area contributed by atoms with Gasteiger partial charge in [0, 0.05) is 10.0 Å². The van der Waals surface area contributed by atoms with Crippen LogP contribution in [0, 0.1) is 5.89 Å². The van der Waals surface area contributed by atoms with E-state index in [4.69, 9.17) is 13.4 Å². The van der Waals surface area contributed by atoms with Crippen LogP contribution < -0.4 is 5.14 Å². The summed E-state index contributed by atoms with van der Waals surface area (Å²) in [6.45, 7) is 1.38. The molecule has 0 aromatic rings. The van der Waals surface area contributed by atoms with E-state index in [-0.39, 0.29) is 5.57 Å². The third kappa shape index (κ3) is 2.06. The maximum absolute atomic E-state index is 11.3. The molecule has 1 fully saturated rings. The lowest BCUT2D eigenvalue weighted by Crippen LogP contribution is -2.27. The molecule has 0 saturated carbocycles. The van der Waals surface area contributed by atoms with E-state index in [2.05, 4.69) is 11.3 Å². The lowest BCUT2D eigenvalue weighted by molar-refractivity contribution is 0.160. The minimum Gasteiger partial charge on any atom is -0.360 e. The van der Waals surface area contributed by atoms with Crippen LogP contribution in [0.3, 0.4) is 0 Å². The van der Waals surface area contributed by atoms with Crippen molar-refractivity contribution >= 4 is 10.0 Å². The van der Waals surface area contributed by atoms with Crippen molar-refractivity contribution in [2.45, 2.75) is 18.7 Å². The van der Waals surface area contributed by atoms with Gasteiger partial charge in [0.25, 0.3) is 0 Å². The summed E-state index contributed by atoms with van der Waals surface area (Å²) >= 11 is 0. The lowest BCUT2D eigenvalue weighted by atomic mass is 10.0. The Morgan fingerprint density at radius 1 is 1.92 bits per heavy atom. The van der Waals surface area contributed by atoms with Gasteiger partial charge in [-0.05, 0) is 13.3 Å². The molecular weight excluding hydrogens is 178 g/mol. The summed E-state index contributed by atoms with van der Waals surface area (Å²) in [4.78, 5) is 0. The molecule has 70 valence electrons. The van der Waals surface area contributed by atoms with E-state index in [0.29, 0.717) is 0 Å². The molecule has 0 amide bonds. The molecule has 1 saturated heterocycles. The Morgan fingerprint density at radius 2 is 2.50 bits per heavy atom. The third-order valence-electron chi connectivity index (χ3n) is 1.16. The van der Waals surface area contributed by atoms with Crippen molar-refractivity contribution in [2.75, 3.05) is 6.56 Å². The van der Waals surface area contributed by atoms with Gasteiger partial charge in [0.15, 0.2) is 5.41 Å². The van der Waals surface area contributed by atoms with Crippen LogP contribution in [0.1, 0.15) is 21.5 Å². The van der Waals surface area contributed by atoms with E-state index in [1.54, 1.807) is 0 Å². The van der Waals surface area contributed by atoms with Crippen LogP contribution in [0.2, 0.25) is 0 Å². The van der Waals surface area contributed by atoms with Gasteiger partial charge < -0.3 is 4.74 Å². The highest BCUT2D eigenvalue weighted by Gasteiger charge is 2.33. The second-order valence-corrected chi connectivity index (χ2v) is 3.78. The second kappa shape index (κ2) is 3.16. The monoisotopic (exact) mass is 197 g/mol. The first-order chi connectivity index (χ1) is 7.65. The molecule has 2 N–H and O–H groups in total. The smallest absolute Gasteiger partial charge is 0.236 e. The normalized spacial score (nSPS) is 58.5. The van der Waals surface area contributed by atoms with Gasteiger partial charge in [-0.3, -0.25) is 0 Å². The number of ether oxygens (including phenoxy) is 1. The summed E-state index contributed by atoms with van der Waals surface area (Å²) in [6.07, 6.45) is -3.23. The molecule has 0 bridgehead atoms. The Kier molecular flexibility index (Phi) is 1.11. The molecule has 1 rings (SSSR count). The quantitative estimate of drug-likeness (QED) is 0.643. The van der Waals surface area contributed by atoms with Crippen LogP contribution in [-0.2, 0) is 14.8 Å². The molecule has 0 radical (unpaired) electrons. The molecule has 12 heavy (non-hydrogen) atoms. The summed E-state index contributed by atoms with van der Waals surface area (Å²) in [7, 11) is -4.92. The fraction of sp³-hybridized carbons (Fsp3) is 0.714. The zero-order valence-corrected chi connectivity index (χ0v) is 7.23. The van der Waals surface area contributed by atoms with Crippen molar-refractivity contribution in [3.05, 3.63) is 12.2 Å². The summed E-state index contributed by atoms with van der Waals surface area (Å²) < 4.78 is 72.6. The highest BCUT2D eigenvalue weighted by atomic mass is 32.2. The number of rotatable bonds is 2. The van der Waals surface area contributed by atoms with Gasteiger partial charge in [-0.25, -0.2) is 13.6 Å². The third-order valence-corrected chi connectivity index (χ3v) is 1.86. The number of hydrogen-bond donors (Lipinski definition) is 1. The van der Waals surface area contributed by atoms with Gasteiger partial charge in [-0.15, -0.1) is 0 Å². The minimum absolute atomic E-state index is 0.310. The fourth-order valence-corrected chi connectivity index (χ4v) is 0.976. The van der Waals surface area contributed by atoms with E-state index < -0.39 is 34.3 Å². The van der Waals surface area contributed by atoms with Crippen molar-refractivity contribution < 1.29 is 21.4 Å². The summed E-state index contributed by atoms with van der Waals surface area (Å²) in [6, 6.07) is 0. The van der Waals surface area contributed by atoms with Crippen LogP contribution >= 0.6 is 0 Å². The summed E-state index contributed by atoms with van der Waals surface area (Å²) in [5, 5.41) is 4.73. The molecule has 0 aromatic heterocycles. The van der Waals surface area contributed by atoms with Crippen LogP contribution in [0.25, 0.3) is 0 Å². The Labute approximate surface area is 80.9 Å². The predicted octanol–water partition coefficient (Wildman–Crippen LogP) is 0.214. The minimum atomic E-state index is -4.92. The average molecular weight is 197 g/mol. The van der Waals surface area contributed by atoms with E-state index in [1.165, 1.54) is 0 Å². The van der Waals surface area contributed by atoms with Gasteiger partial charge in [-0.1, -0.05) is 12.2 Å². The van der Waals surface area contributed by atoms with Crippen molar-refractivity contribution in [1.82, 2.24) is 0 Å². The van der Waals surface area contributed by atoms with Gasteiger partial charge >= 0.3 is 0 Å². The highest BCUT2D eigenvalue weighted by molar-refractivity contribution is 7.89. The molecule has 1 aliphatic rings. The molecule has 4 nitrogen and oxygen atoms in total. The van der Waals surface area contributed by atoms with E-state index >= 15 is 0 Å². The zero-order chi connectivity index (χ0) is 14.8. The Hall–Kier alpha value is -0.390. The number of hydrogen-bond acceptors (Lipinski definition) is 3. The van der Waals surface area contributed by atoms with E-state index in [1.807, 2.05) is 0 Å². The summed E-state index contributed by atoms with van der Waals surface area (Å²) in [5.41, 5.74) is -3.72. The Bertz CT molecular complexity index is 505. The number of primary sulfonamides is 1. The standard InChI is InChI=1S/C7H13NO3S/c1-5(2)6-3-7(11-4-6)12(8,9)10/h6-7H,1,3-4H2,2H3,(H2,8,9,10)/i3D2,4D2,6D,7D. The van der Waals surface area contributed by atoms with Crippen LogP contribution in [-0.4, -0.2) is 20.4 Å². The predicted molar refractivity (Wildman–Crippen MR) is 45.8 cm³/mol. The van der Waals surface area contributed by atoms with Crippen LogP contribution in [0.5, 0.6) is 0 Å². The van der Waals surface area contributed by atoms with Gasteiger partial charge in [0.2, 0.25) is 10.0 Å². The lowest BCUT2D eigenvalue weighted by Gasteiger charge is -2.06. The van der Waals surface area contributed by atoms with Crippen molar-refractivity contribution in [3.63, 3.8) is 0 Å². The fourth-order valence-electron chi connectivity index (χ4n) is 0.573. The van der Waals surface area contributed by atoms with Gasteiger partial charge in [0.05, 0.1) is 10.7 Å². The number of sulfonamides is 1. The molecule has 0 aliphatic carbocycles. The van der Waals surface area contributed by atoms with Crippen LogP contribution in [0.4, 0.5) is 0 Å². The van der Waals surface area contributed by atoms with E-state index in [0.717, 1.165) is 6.92 Å². The molecule has 0 spiro atoms.